The van der Waals surface area contributed by atoms with E-state index in [4.69, 9.17) is 19.4 Å². The second-order valence-corrected chi connectivity index (χ2v) is 6.90. The first-order valence-electron chi connectivity index (χ1n) is 9.98. The zero-order chi connectivity index (χ0) is 20.9. The molecule has 0 aliphatic heterocycles. The second-order valence-electron chi connectivity index (χ2n) is 6.90. The van der Waals surface area contributed by atoms with Crippen LogP contribution in [0.1, 0.15) is 12.5 Å². The van der Waals surface area contributed by atoms with Gasteiger partial charge in [-0.15, -0.1) is 0 Å². The van der Waals surface area contributed by atoms with Crippen LogP contribution >= 0.6 is 0 Å². The monoisotopic (exact) mass is 396 g/mol. The van der Waals surface area contributed by atoms with Gasteiger partial charge < -0.3 is 9.47 Å². The van der Waals surface area contributed by atoms with E-state index < -0.39 is 0 Å². The van der Waals surface area contributed by atoms with Crippen LogP contribution in [0, 0.1) is 0 Å². The van der Waals surface area contributed by atoms with E-state index in [1.54, 1.807) is 14.2 Å². The molecule has 0 bridgehead atoms. The Morgan fingerprint density at radius 2 is 1.07 bits per heavy atom. The molecule has 1 heterocycles. The Morgan fingerprint density at radius 1 is 0.600 bits per heavy atom. The fourth-order valence-electron chi connectivity index (χ4n) is 3.51. The van der Waals surface area contributed by atoms with Crippen LogP contribution in [0.2, 0.25) is 0 Å². The molecule has 4 nitrogen and oxygen atoms in total. The first-order chi connectivity index (χ1) is 14.7. The highest BCUT2D eigenvalue weighted by atomic mass is 16.5. The van der Waals surface area contributed by atoms with Crippen molar-refractivity contribution in [2.45, 2.75) is 13.3 Å². The van der Waals surface area contributed by atoms with E-state index in [-0.39, 0.29) is 0 Å². The Bertz CT molecular complexity index is 1120. The molecule has 1 aromatic heterocycles. The fourth-order valence-corrected chi connectivity index (χ4v) is 3.51. The van der Waals surface area contributed by atoms with Gasteiger partial charge in [-0.25, -0.2) is 9.97 Å². The minimum absolute atomic E-state index is 0.694. The molecule has 0 radical (unpaired) electrons. The third-order valence-electron chi connectivity index (χ3n) is 5.12. The lowest BCUT2D eigenvalue weighted by atomic mass is 9.97. The standard InChI is InChI=1S/C26H24N2O2/c1-4-23-24(18-8-6-5-7-9-18)27-26(20-12-16-22(30-3)17-13-20)28-25(23)19-10-14-21(29-2)15-11-19/h5-17H,4H2,1-3H3. The topological polar surface area (TPSA) is 44.2 Å². The van der Waals surface area contributed by atoms with Crippen LogP contribution in [-0.4, -0.2) is 24.2 Å². The highest BCUT2D eigenvalue weighted by molar-refractivity contribution is 5.76. The number of nitrogens with zero attached hydrogens (tertiary/aromatic N) is 2. The molecule has 4 heteroatoms. The summed E-state index contributed by atoms with van der Waals surface area (Å²) in [6, 6.07) is 26.2. The summed E-state index contributed by atoms with van der Waals surface area (Å²) in [5.41, 5.74) is 6.11. The van der Waals surface area contributed by atoms with Crippen LogP contribution in [0.4, 0.5) is 0 Å². The lowest BCUT2D eigenvalue weighted by Crippen LogP contribution is -2.02. The van der Waals surface area contributed by atoms with Gasteiger partial charge in [0.1, 0.15) is 11.5 Å². The van der Waals surface area contributed by atoms with E-state index in [1.165, 1.54) is 0 Å². The summed E-state index contributed by atoms with van der Waals surface area (Å²) in [6.45, 7) is 2.14. The lowest BCUT2D eigenvalue weighted by Gasteiger charge is -2.15. The summed E-state index contributed by atoms with van der Waals surface area (Å²) >= 11 is 0. The number of hydrogen-bond acceptors (Lipinski definition) is 4. The van der Waals surface area contributed by atoms with Crippen molar-refractivity contribution in [3.63, 3.8) is 0 Å². The predicted octanol–water partition coefficient (Wildman–Crippen LogP) is 6.06. The van der Waals surface area contributed by atoms with Crippen molar-refractivity contribution >= 4 is 0 Å². The van der Waals surface area contributed by atoms with Crippen LogP contribution in [0.3, 0.4) is 0 Å². The number of hydrogen-bond donors (Lipinski definition) is 0. The smallest absolute Gasteiger partial charge is 0.160 e. The van der Waals surface area contributed by atoms with Crippen LogP contribution < -0.4 is 9.47 Å². The average molecular weight is 396 g/mol. The molecule has 0 N–H and O–H groups in total. The molecule has 0 aliphatic carbocycles. The van der Waals surface area contributed by atoms with Gasteiger partial charge in [0.25, 0.3) is 0 Å². The Balaban J connectivity index is 1.94. The third kappa shape index (κ3) is 3.90. The number of aromatic nitrogens is 2. The van der Waals surface area contributed by atoms with Gasteiger partial charge in [0.05, 0.1) is 25.6 Å². The van der Waals surface area contributed by atoms with Gasteiger partial charge in [0.15, 0.2) is 5.82 Å². The van der Waals surface area contributed by atoms with Crippen molar-refractivity contribution in [3.05, 3.63) is 84.4 Å². The van der Waals surface area contributed by atoms with Gasteiger partial charge in [-0.05, 0) is 55.0 Å². The lowest BCUT2D eigenvalue weighted by molar-refractivity contribution is 0.415. The van der Waals surface area contributed by atoms with Crippen LogP contribution in [0.25, 0.3) is 33.9 Å². The van der Waals surface area contributed by atoms with Crippen LogP contribution in [0.15, 0.2) is 78.9 Å². The Morgan fingerprint density at radius 3 is 1.53 bits per heavy atom. The Kier molecular flexibility index (Phi) is 5.75. The fraction of sp³-hybridized carbons (Fsp3) is 0.154. The molecule has 4 rings (SSSR count). The highest BCUT2D eigenvalue weighted by Crippen LogP contribution is 2.33. The van der Waals surface area contributed by atoms with Crippen molar-refractivity contribution in [1.29, 1.82) is 0 Å². The number of benzene rings is 3. The minimum Gasteiger partial charge on any atom is -0.497 e. The average Bonchev–Trinajstić information content (AvgIpc) is 2.84. The van der Waals surface area contributed by atoms with Gasteiger partial charge in [-0.1, -0.05) is 37.3 Å². The van der Waals surface area contributed by atoms with E-state index in [0.29, 0.717) is 5.82 Å². The first kappa shape index (κ1) is 19.6. The molecule has 4 aromatic rings. The maximum absolute atomic E-state index is 5.32. The number of ether oxygens (including phenoxy) is 2. The van der Waals surface area contributed by atoms with E-state index in [2.05, 4.69) is 19.1 Å². The molecule has 0 spiro atoms. The quantitative estimate of drug-likeness (QED) is 0.397. The summed E-state index contributed by atoms with van der Waals surface area (Å²) in [5, 5.41) is 0. The van der Waals surface area contributed by atoms with Crippen LogP contribution in [-0.2, 0) is 6.42 Å². The molecule has 0 unspecified atom stereocenters. The predicted molar refractivity (Wildman–Crippen MR) is 121 cm³/mol. The van der Waals surface area contributed by atoms with Gasteiger partial charge in [-0.3, -0.25) is 0 Å². The molecular weight excluding hydrogens is 372 g/mol. The first-order valence-corrected chi connectivity index (χ1v) is 9.98. The van der Waals surface area contributed by atoms with Crippen molar-refractivity contribution in [1.82, 2.24) is 9.97 Å². The summed E-state index contributed by atoms with van der Waals surface area (Å²) in [4.78, 5) is 9.97. The molecule has 150 valence electrons. The van der Waals surface area contributed by atoms with Crippen LogP contribution in [0.5, 0.6) is 11.5 Å². The zero-order valence-electron chi connectivity index (χ0n) is 17.4. The Labute approximate surface area is 177 Å². The van der Waals surface area contributed by atoms with E-state index in [9.17, 15) is 0 Å². The minimum atomic E-state index is 0.694. The van der Waals surface area contributed by atoms with Gasteiger partial charge in [-0.2, -0.15) is 0 Å². The highest BCUT2D eigenvalue weighted by Gasteiger charge is 2.17. The number of methoxy groups -OCH3 is 2. The maximum atomic E-state index is 5.32. The zero-order valence-corrected chi connectivity index (χ0v) is 17.4. The largest absolute Gasteiger partial charge is 0.497 e. The van der Waals surface area contributed by atoms with Gasteiger partial charge in [0, 0.05) is 22.3 Å². The molecule has 0 aliphatic rings. The van der Waals surface area contributed by atoms with Gasteiger partial charge in [0.2, 0.25) is 0 Å². The normalized spacial score (nSPS) is 10.6. The molecule has 30 heavy (non-hydrogen) atoms. The molecule has 0 saturated carbocycles. The van der Waals surface area contributed by atoms with Crippen molar-refractivity contribution in [2.75, 3.05) is 14.2 Å². The maximum Gasteiger partial charge on any atom is 0.160 e. The van der Waals surface area contributed by atoms with Crippen molar-refractivity contribution < 1.29 is 9.47 Å². The summed E-state index contributed by atoms with van der Waals surface area (Å²) in [5.74, 6) is 2.33. The van der Waals surface area contributed by atoms with E-state index >= 15 is 0 Å². The molecule has 0 saturated heterocycles. The number of rotatable bonds is 6. The molecule has 0 atom stereocenters. The Hall–Kier alpha value is -3.66. The molecule has 3 aromatic carbocycles. The molecular formula is C26H24N2O2. The molecule has 0 amide bonds. The van der Waals surface area contributed by atoms with Crippen molar-refractivity contribution in [3.8, 4) is 45.4 Å². The van der Waals surface area contributed by atoms with Crippen molar-refractivity contribution in [2.24, 2.45) is 0 Å². The van der Waals surface area contributed by atoms with E-state index in [1.807, 2.05) is 66.7 Å². The van der Waals surface area contributed by atoms with Gasteiger partial charge >= 0.3 is 0 Å². The van der Waals surface area contributed by atoms with E-state index in [0.717, 1.165) is 51.6 Å². The molecule has 0 fully saturated rings. The SMILES string of the molecule is CCc1c(-c2ccccc2)nc(-c2ccc(OC)cc2)nc1-c1ccc(OC)cc1. The summed E-state index contributed by atoms with van der Waals surface area (Å²) in [6.07, 6.45) is 0.828. The summed E-state index contributed by atoms with van der Waals surface area (Å²) in [7, 11) is 3.34. The third-order valence-corrected chi connectivity index (χ3v) is 5.12. The second kappa shape index (κ2) is 8.78. The summed E-state index contributed by atoms with van der Waals surface area (Å²) < 4.78 is 10.6.